The SMILES string of the molecule is Cc1c(F)cccc1C1=C(c2ccc(CC3CN(CCCF)C3)cc2)c2ccccc2CCC1. The Labute approximate surface area is 202 Å². The Kier molecular flexibility index (Phi) is 6.92. The Hall–Kier alpha value is -2.78. The van der Waals surface area contributed by atoms with E-state index in [1.54, 1.807) is 6.07 Å². The summed E-state index contributed by atoms with van der Waals surface area (Å²) in [7, 11) is 0. The van der Waals surface area contributed by atoms with Crippen molar-refractivity contribution in [3.05, 3.63) is 106 Å². The standard InChI is InChI=1S/C31H33F2N/c1-22-27(10-5-12-30(22)33)29-11-4-8-25-7-2-3-9-28(25)31(29)26-15-13-23(14-16-26)19-24-20-34(21-24)18-6-17-32/h2-3,5,7,9-10,12-16,24H,4,6,8,11,17-21H2,1H3. The van der Waals surface area contributed by atoms with Crippen molar-refractivity contribution < 1.29 is 8.78 Å². The largest absolute Gasteiger partial charge is 0.303 e. The molecule has 0 radical (unpaired) electrons. The van der Waals surface area contributed by atoms with Gasteiger partial charge in [0.05, 0.1) is 6.67 Å². The zero-order valence-corrected chi connectivity index (χ0v) is 20.0. The number of halogens is 2. The molecule has 0 N–H and O–H groups in total. The average molecular weight is 458 g/mol. The number of benzene rings is 3. The number of nitrogens with zero attached hydrogens (tertiary/aromatic N) is 1. The van der Waals surface area contributed by atoms with Crippen LogP contribution >= 0.6 is 0 Å². The number of allylic oxidation sites excluding steroid dienone is 1. The van der Waals surface area contributed by atoms with Crippen LogP contribution in [0.25, 0.3) is 11.1 Å². The first-order valence-electron chi connectivity index (χ1n) is 12.6. The minimum Gasteiger partial charge on any atom is -0.303 e. The quantitative estimate of drug-likeness (QED) is 0.361. The Morgan fingerprint density at radius 2 is 1.65 bits per heavy atom. The molecule has 1 fully saturated rings. The van der Waals surface area contributed by atoms with Gasteiger partial charge >= 0.3 is 0 Å². The van der Waals surface area contributed by atoms with Crippen molar-refractivity contribution in [1.82, 2.24) is 4.90 Å². The third-order valence-corrected chi connectivity index (χ3v) is 7.46. The van der Waals surface area contributed by atoms with Crippen LogP contribution in [0.1, 0.15) is 52.6 Å². The fourth-order valence-corrected chi connectivity index (χ4v) is 5.67. The van der Waals surface area contributed by atoms with E-state index in [9.17, 15) is 8.78 Å². The smallest absolute Gasteiger partial charge is 0.126 e. The van der Waals surface area contributed by atoms with Gasteiger partial charge in [0, 0.05) is 19.6 Å². The summed E-state index contributed by atoms with van der Waals surface area (Å²) in [5, 5.41) is 0. The summed E-state index contributed by atoms with van der Waals surface area (Å²) in [6.45, 7) is 4.69. The fraction of sp³-hybridized carbons (Fsp3) is 0.355. The molecule has 34 heavy (non-hydrogen) atoms. The van der Waals surface area contributed by atoms with E-state index < -0.39 is 0 Å². The highest BCUT2D eigenvalue weighted by atomic mass is 19.1. The molecule has 3 aromatic rings. The van der Waals surface area contributed by atoms with Gasteiger partial charge in [0.15, 0.2) is 0 Å². The predicted molar refractivity (Wildman–Crippen MR) is 137 cm³/mol. The zero-order valence-electron chi connectivity index (χ0n) is 20.0. The van der Waals surface area contributed by atoms with E-state index in [4.69, 9.17) is 0 Å². The Balaban J connectivity index is 1.47. The number of alkyl halides is 1. The van der Waals surface area contributed by atoms with Gasteiger partial charge in [-0.1, -0.05) is 60.7 Å². The number of likely N-dealkylation sites (tertiary alicyclic amines) is 1. The molecule has 0 atom stereocenters. The molecule has 3 heteroatoms. The van der Waals surface area contributed by atoms with Crippen LogP contribution in [-0.2, 0) is 12.8 Å². The van der Waals surface area contributed by atoms with Crippen molar-refractivity contribution in [1.29, 1.82) is 0 Å². The first-order chi connectivity index (χ1) is 16.6. The molecule has 1 heterocycles. The molecule has 1 aliphatic carbocycles. The molecular formula is C31H33F2N. The van der Waals surface area contributed by atoms with Gasteiger partial charge in [0.1, 0.15) is 5.82 Å². The lowest BCUT2D eigenvalue weighted by Gasteiger charge is -2.39. The van der Waals surface area contributed by atoms with Crippen molar-refractivity contribution in [2.45, 2.75) is 39.0 Å². The van der Waals surface area contributed by atoms with Gasteiger partial charge in [-0.15, -0.1) is 0 Å². The lowest BCUT2D eigenvalue weighted by Crippen LogP contribution is -2.47. The molecule has 1 nitrogen and oxygen atoms in total. The van der Waals surface area contributed by atoms with E-state index in [1.807, 2.05) is 13.0 Å². The topological polar surface area (TPSA) is 3.24 Å². The summed E-state index contributed by atoms with van der Waals surface area (Å²) in [4.78, 5) is 2.35. The third-order valence-electron chi connectivity index (χ3n) is 7.46. The molecule has 0 aromatic heterocycles. The molecule has 0 saturated carbocycles. The number of aryl methyl sites for hydroxylation is 1. The highest BCUT2D eigenvalue weighted by Crippen LogP contribution is 2.41. The van der Waals surface area contributed by atoms with Crippen molar-refractivity contribution in [3.63, 3.8) is 0 Å². The molecule has 2 aliphatic rings. The Morgan fingerprint density at radius 3 is 2.44 bits per heavy atom. The summed E-state index contributed by atoms with van der Waals surface area (Å²) >= 11 is 0. The van der Waals surface area contributed by atoms with Gasteiger partial charge in [-0.2, -0.15) is 0 Å². The highest BCUT2D eigenvalue weighted by molar-refractivity contribution is 6.00. The van der Waals surface area contributed by atoms with Crippen molar-refractivity contribution in [2.75, 3.05) is 26.3 Å². The average Bonchev–Trinajstić information content (AvgIpc) is 3.02. The van der Waals surface area contributed by atoms with E-state index in [0.29, 0.717) is 12.3 Å². The zero-order chi connectivity index (χ0) is 23.5. The number of hydrogen-bond donors (Lipinski definition) is 0. The van der Waals surface area contributed by atoms with Crippen LogP contribution in [0.4, 0.5) is 8.78 Å². The highest BCUT2D eigenvalue weighted by Gasteiger charge is 2.26. The summed E-state index contributed by atoms with van der Waals surface area (Å²) in [5.74, 6) is 0.520. The molecule has 1 saturated heterocycles. The van der Waals surface area contributed by atoms with Crippen molar-refractivity contribution in [3.8, 4) is 0 Å². The second-order valence-electron chi connectivity index (χ2n) is 9.85. The van der Waals surface area contributed by atoms with E-state index in [2.05, 4.69) is 59.5 Å². The van der Waals surface area contributed by atoms with E-state index in [1.165, 1.54) is 33.4 Å². The fourth-order valence-electron chi connectivity index (χ4n) is 5.67. The summed E-state index contributed by atoms with van der Waals surface area (Å²) in [6, 6.07) is 23.2. The summed E-state index contributed by atoms with van der Waals surface area (Å²) in [6.07, 6.45) is 4.75. The molecule has 0 bridgehead atoms. The number of fused-ring (bicyclic) bond motifs is 1. The summed E-state index contributed by atoms with van der Waals surface area (Å²) in [5.41, 5.74) is 9.45. The third kappa shape index (κ3) is 4.72. The molecule has 0 amide bonds. The maximum absolute atomic E-state index is 14.5. The first-order valence-corrected chi connectivity index (χ1v) is 12.6. The second kappa shape index (κ2) is 10.2. The first kappa shape index (κ1) is 23.0. The van der Waals surface area contributed by atoms with Crippen LogP contribution < -0.4 is 0 Å². The van der Waals surface area contributed by atoms with E-state index in [0.717, 1.165) is 56.4 Å². The monoisotopic (exact) mass is 457 g/mol. The maximum Gasteiger partial charge on any atom is 0.126 e. The van der Waals surface area contributed by atoms with Gasteiger partial charge in [-0.05, 0) is 95.5 Å². The van der Waals surface area contributed by atoms with Crippen LogP contribution in [0.5, 0.6) is 0 Å². The van der Waals surface area contributed by atoms with Gasteiger partial charge in [-0.25, -0.2) is 4.39 Å². The Bertz CT molecular complexity index is 1170. The second-order valence-corrected chi connectivity index (χ2v) is 9.85. The molecule has 0 spiro atoms. The van der Waals surface area contributed by atoms with Gasteiger partial charge in [0.25, 0.3) is 0 Å². The molecule has 3 aromatic carbocycles. The normalized spacial score (nSPS) is 16.8. The van der Waals surface area contributed by atoms with E-state index in [-0.39, 0.29) is 12.5 Å². The lowest BCUT2D eigenvalue weighted by molar-refractivity contribution is 0.0968. The summed E-state index contributed by atoms with van der Waals surface area (Å²) < 4.78 is 26.9. The molecule has 176 valence electrons. The number of hydrogen-bond acceptors (Lipinski definition) is 1. The minimum absolute atomic E-state index is 0.140. The Morgan fingerprint density at radius 1 is 0.882 bits per heavy atom. The van der Waals surface area contributed by atoms with Crippen molar-refractivity contribution >= 4 is 11.1 Å². The molecule has 5 rings (SSSR count). The molecule has 0 unspecified atom stereocenters. The van der Waals surface area contributed by atoms with Crippen LogP contribution in [0.15, 0.2) is 66.7 Å². The van der Waals surface area contributed by atoms with Crippen molar-refractivity contribution in [2.24, 2.45) is 5.92 Å². The lowest BCUT2D eigenvalue weighted by atomic mass is 9.85. The minimum atomic E-state index is -0.223. The van der Waals surface area contributed by atoms with Crippen LogP contribution in [0.2, 0.25) is 0 Å². The van der Waals surface area contributed by atoms with Gasteiger partial charge in [-0.3, -0.25) is 4.39 Å². The maximum atomic E-state index is 14.5. The van der Waals surface area contributed by atoms with Crippen LogP contribution in [-0.4, -0.2) is 31.2 Å². The van der Waals surface area contributed by atoms with Gasteiger partial charge in [0.2, 0.25) is 0 Å². The molecular weight excluding hydrogens is 424 g/mol. The number of rotatable bonds is 7. The molecule has 1 aliphatic heterocycles. The van der Waals surface area contributed by atoms with Crippen LogP contribution in [0.3, 0.4) is 0 Å². The van der Waals surface area contributed by atoms with Gasteiger partial charge < -0.3 is 4.90 Å². The van der Waals surface area contributed by atoms with Crippen LogP contribution in [0, 0.1) is 18.7 Å². The predicted octanol–water partition coefficient (Wildman–Crippen LogP) is 7.26. The van der Waals surface area contributed by atoms with E-state index >= 15 is 0 Å².